The predicted molar refractivity (Wildman–Crippen MR) is 93.3 cm³/mol. The Balaban J connectivity index is 2.30. The first-order valence-corrected chi connectivity index (χ1v) is 7.83. The standard InChI is InChI=1S/C20H23NO/c1-3-10-16(2)21-20(22)19(18-13-8-5-9-14-18)15-17-11-6-4-7-12-17/h4-9,11-16H,3,10H2,1-2H3,(H,21,22)/b19-15+/t16-/m0/s1. The molecule has 1 N–H and O–H groups in total. The van der Waals surface area contributed by atoms with E-state index in [1.54, 1.807) is 0 Å². The summed E-state index contributed by atoms with van der Waals surface area (Å²) in [4.78, 5) is 12.7. The van der Waals surface area contributed by atoms with Crippen molar-refractivity contribution in [3.8, 4) is 0 Å². The molecule has 22 heavy (non-hydrogen) atoms. The minimum absolute atomic E-state index is 0.0176. The van der Waals surface area contributed by atoms with Crippen LogP contribution in [0.3, 0.4) is 0 Å². The second-order valence-electron chi connectivity index (χ2n) is 5.50. The molecule has 2 rings (SSSR count). The van der Waals surface area contributed by atoms with Crippen molar-refractivity contribution >= 4 is 17.6 Å². The number of rotatable bonds is 6. The molecule has 2 aromatic carbocycles. The summed E-state index contributed by atoms with van der Waals surface area (Å²) in [5, 5.41) is 3.09. The first-order chi connectivity index (χ1) is 10.7. The Hall–Kier alpha value is -2.35. The van der Waals surface area contributed by atoms with Crippen LogP contribution in [-0.4, -0.2) is 11.9 Å². The zero-order valence-corrected chi connectivity index (χ0v) is 13.3. The van der Waals surface area contributed by atoms with Crippen LogP contribution in [0.15, 0.2) is 60.7 Å². The van der Waals surface area contributed by atoms with Gasteiger partial charge >= 0.3 is 0 Å². The first kappa shape index (κ1) is 16.0. The number of hydrogen-bond donors (Lipinski definition) is 1. The van der Waals surface area contributed by atoms with E-state index in [-0.39, 0.29) is 11.9 Å². The smallest absolute Gasteiger partial charge is 0.252 e. The third-order valence-electron chi connectivity index (χ3n) is 3.54. The quantitative estimate of drug-likeness (QED) is 0.615. The highest BCUT2D eigenvalue weighted by molar-refractivity contribution is 6.24. The molecule has 1 amide bonds. The molecule has 0 heterocycles. The maximum absolute atomic E-state index is 12.7. The summed E-state index contributed by atoms with van der Waals surface area (Å²) in [6.45, 7) is 4.17. The van der Waals surface area contributed by atoms with E-state index in [1.807, 2.05) is 73.7 Å². The van der Waals surface area contributed by atoms with Gasteiger partial charge in [-0.2, -0.15) is 0 Å². The number of nitrogens with one attached hydrogen (secondary N) is 1. The molecule has 114 valence electrons. The molecule has 0 radical (unpaired) electrons. The molecule has 0 aromatic heterocycles. The molecule has 0 fully saturated rings. The second kappa shape index (κ2) is 8.18. The highest BCUT2D eigenvalue weighted by Gasteiger charge is 2.14. The Kier molecular flexibility index (Phi) is 5.96. The minimum atomic E-state index is -0.0176. The zero-order valence-electron chi connectivity index (χ0n) is 13.3. The van der Waals surface area contributed by atoms with E-state index >= 15 is 0 Å². The monoisotopic (exact) mass is 293 g/mol. The summed E-state index contributed by atoms with van der Waals surface area (Å²) in [5.41, 5.74) is 2.67. The molecular weight excluding hydrogens is 270 g/mol. The van der Waals surface area contributed by atoms with Crippen LogP contribution in [0, 0.1) is 0 Å². The van der Waals surface area contributed by atoms with Gasteiger partial charge < -0.3 is 5.32 Å². The SMILES string of the molecule is CCC[C@H](C)NC(=O)/C(=C/c1ccccc1)c1ccccc1. The van der Waals surface area contributed by atoms with Crippen LogP contribution in [0.5, 0.6) is 0 Å². The van der Waals surface area contributed by atoms with Crippen LogP contribution in [0.4, 0.5) is 0 Å². The van der Waals surface area contributed by atoms with E-state index in [4.69, 9.17) is 0 Å². The van der Waals surface area contributed by atoms with Crippen molar-refractivity contribution in [3.05, 3.63) is 71.8 Å². The third kappa shape index (κ3) is 4.59. The average molecular weight is 293 g/mol. The molecule has 0 saturated carbocycles. The number of carbonyl (C=O) groups excluding carboxylic acids is 1. The van der Waals surface area contributed by atoms with Crippen LogP contribution in [0.25, 0.3) is 11.6 Å². The molecule has 0 spiro atoms. The highest BCUT2D eigenvalue weighted by Crippen LogP contribution is 2.19. The maximum atomic E-state index is 12.7. The fourth-order valence-electron chi connectivity index (χ4n) is 2.42. The van der Waals surface area contributed by atoms with Crippen molar-refractivity contribution in [1.29, 1.82) is 0 Å². The van der Waals surface area contributed by atoms with Gasteiger partial charge in [0.2, 0.25) is 0 Å². The van der Waals surface area contributed by atoms with Gasteiger partial charge in [-0.25, -0.2) is 0 Å². The van der Waals surface area contributed by atoms with Crippen molar-refractivity contribution in [2.24, 2.45) is 0 Å². The lowest BCUT2D eigenvalue weighted by Gasteiger charge is -2.15. The predicted octanol–water partition coefficient (Wildman–Crippen LogP) is 4.53. The molecule has 2 heteroatoms. The van der Waals surface area contributed by atoms with E-state index in [1.165, 1.54) is 0 Å². The summed E-state index contributed by atoms with van der Waals surface area (Å²) < 4.78 is 0. The summed E-state index contributed by atoms with van der Waals surface area (Å²) in [5.74, 6) is -0.0176. The Morgan fingerprint density at radius 3 is 2.23 bits per heavy atom. The molecule has 0 unspecified atom stereocenters. The fourth-order valence-corrected chi connectivity index (χ4v) is 2.42. The number of hydrogen-bond acceptors (Lipinski definition) is 1. The van der Waals surface area contributed by atoms with Crippen LogP contribution in [0.1, 0.15) is 37.8 Å². The van der Waals surface area contributed by atoms with Gasteiger partial charge in [-0.3, -0.25) is 4.79 Å². The molecule has 0 aliphatic carbocycles. The van der Waals surface area contributed by atoms with Gasteiger partial charge in [-0.1, -0.05) is 74.0 Å². The average Bonchev–Trinajstić information content (AvgIpc) is 2.54. The van der Waals surface area contributed by atoms with Crippen molar-refractivity contribution < 1.29 is 4.79 Å². The summed E-state index contributed by atoms with van der Waals surface area (Å²) >= 11 is 0. The summed E-state index contributed by atoms with van der Waals surface area (Å²) in [6.07, 6.45) is 3.99. The lowest BCUT2D eigenvalue weighted by Crippen LogP contribution is -2.32. The Morgan fingerprint density at radius 1 is 1.05 bits per heavy atom. The van der Waals surface area contributed by atoms with Crippen LogP contribution in [-0.2, 0) is 4.79 Å². The minimum Gasteiger partial charge on any atom is -0.350 e. The lowest BCUT2D eigenvalue weighted by atomic mass is 10.0. The molecule has 0 saturated heterocycles. The molecule has 1 atom stereocenters. The van der Waals surface area contributed by atoms with E-state index in [9.17, 15) is 4.79 Å². The molecule has 2 aromatic rings. The summed E-state index contributed by atoms with van der Waals surface area (Å²) in [6, 6.07) is 19.9. The topological polar surface area (TPSA) is 29.1 Å². The van der Waals surface area contributed by atoms with Crippen molar-refractivity contribution in [2.45, 2.75) is 32.7 Å². The van der Waals surface area contributed by atoms with Crippen LogP contribution in [0.2, 0.25) is 0 Å². The number of benzene rings is 2. The van der Waals surface area contributed by atoms with Crippen molar-refractivity contribution in [2.75, 3.05) is 0 Å². The second-order valence-corrected chi connectivity index (χ2v) is 5.50. The molecule has 0 aliphatic rings. The molecule has 0 bridgehead atoms. The van der Waals surface area contributed by atoms with Crippen molar-refractivity contribution in [1.82, 2.24) is 5.32 Å². The molecular formula is C20H23NO. The van der Waals surface area contributed by atoms with Crippen LogP contribution >= 0.6 is 0 Å². The van der Waals surface area contributed by atoms with Gasteiger partial charge in [0.1, 0.15) is 0 Å². The molecule has 0 aliphatic heterocycles. The Morgan fingerprint density at radius 2 is 1.64 bits per heavy atom. The van der Waals surface area contributed by atoms with Gasteiger partial charge in [-0.05, 0) is 30.5 Å². The zero-order chi connectivity index (χ0) is 15.8. The largest absolute Gasteiger partial charge is 0.350 e. The highest BCUT2D eigenvalue weighted by atomic mass is 16.1. The van der Waals surface area contributed by atoms with Gasteiger partial charge in [0.05, 0.1) is 0 Å². The molecule has 2 nitrogen and oxygen atoms in total. The van der Waals surface area contributed by atoms with E-state index in [0.29, 0.717) is 5.57 Å². The van der Waals surface area contributed by atoms with E-state index < -0.39 is 0 Å². The first-order valence-electron chi connectivity index (χ1n) is 7.83. The van der Waals surface area contributed by atoms with Crippen molar-refractivity contribution in [3.63, 3.8) is 0 Å². The van der Waals surface area contributed by atoms with E-state index in [0.717, 1.165) is 24.0 Å². The lowest BCUT2D eigenvalue weighted by molar-refractivity contribution is -0.116. The number of amides is 1. The van der Waals surface area contributed by atoms with Gasteiger partial charge in [0.25, 0.3) is 5.91 Å². The maximum Gasteiger partial charge on any atom is 0.252 e. The number of carbonyl (C=O) groups is 1. The Bertz CT molecular complexity index is 617. The normalized spacial score (nSPS) is 12.7. The third-order valence-corrected chi connectivity index (χ3v) is 3.54. The van der Waals surface area contributed by atoms with Gasteiger partial charge in [0.15, 0.2) is 0 Å². The van der Waals surface area contributed by atoms with Crippen LogP contribution < -0.4 is 5.32 Å². The van der Waals surface area contributed by atoms with E-state index in [2.05, 4.69) is 12.2 Å². The summed E-state index contributed by atoms with van der Waals surface area (Å²) in [7, 11) is 0. The van der Waals surface area contributed by atoms with Gasteiger partial charge in [-0.15, -0.1) is 0 Å². The Labute approximate surface area is 132 Å². The fraction of sp³-hybridized carbons (Fsp3) is 0.250. The van der Waals surface area contributed by atoms with Gasteiger partial charge in [0, 0.05) is 11.6 Å².